The largest absolute Gasteiger partial charge is 0.497 e. The number of nitrogens with zero attached hydrogens (tertiary/aromatic N) is 2. The topological polar surface area (TPSA) is 81.2 Å². The monoisotopic (exact) mass is 680 g/mol. The van der Waals surface area contributed by atoms with Crippen molar-refractivity contribution in [2.24, 2.45) is 0 Å². The number of hydrogen-bond donors (Lipinski definition) is 0. The summed E-state index contributed by atoms with van der Waals surface area (Å²) in [5.74, 6) is 2.35. The Kier molecular flexibility index (Phi) is 12.2. The van der Waals surface area contributed by atoms with Crippen molar-refractivity contribution in [3.8, 4) is 17.2 Å². The summed E-state index contributed by atoms with van der Waals surface area (Å²) in [7, 11) is 5.09. The van der Waals surface area contributed by atoms with E-state index >= 15 is 0 Å². The van der Waals surface area contributed by atoms with Crippen LogP contribution in [0.2, 0.25) is 0 Å². The van der Waals surface area contributed by atoms with Crippen LogP contribution in [0.5, 0.6) is 17.2 Å². The predicted octanol–water partition coefficient (Wildman–Crippen LogP) is 10.2. The van der Waals surface area contributed by atoms with E-state index in [-0.39, 0.29) is 29.8 Å². The molecule has 0 saturated heterocycles. The highest BCUT2D eigenvalue weighted by Gasteiger charge is 2.32. The first-order chi connectivity index (χ1) is 24.1. The zero-order chi connectivity index (χ0) is 35.9. The van der Waals surface area contributed by atoms with Crippen molar-refractivity contribution in [1.82, 2.24) is 0 Å². The number of benzene rings is 5. The van der Waals surface area contributed by atoms with E-state index in [1.54, 1.807) is 33.5 Å². The summed E-state index contributed by atoms with van der Waals surface area (Å²) in [5, 5.41) is 0. The lowest BCUT2D eigenvalue weighted by atomic mass is 9.70. The second-order valence-corrected chi connectivity index (χ2v) is 12.9. The molecule has 5 aromatic rings. The van der Waals surface area contributed by atoms with E-state index in [1.807, 2.05) is 61.5 Å². The van der Waals surface area contributed by atoms with Crippen LogP contribution in [0.4, 0.5) is 0 Å². The summed E-state index contributed by atoms with van der Waals surface area (Å²) < 4.78 is 16.2. The number of methoxy groups -OCH3 is 3. The zero-order valence-corrected chi connectivity index (χ0v) is 29.9. The average Bonchev–Trinajstić information content (AvgIpc) is 3.18. The number of hydrogen-bond acceptors (Lipinski definition) is 4. The number of Topliss-reactive ketones (excluding diaryl/α,β-unsaturated/α-hetero) is 1. The van der Waals surface area contributed by atoms with Gasteiger partial charge in [0, 0.05) is 22.5 Å². The summed E-state index contributed by atoms with van der Waals surface area (Å²) in [6.45, 7) is 8.84. The molecule has 0 N–H and O–H groups in total. The van der Waals surface area contributed by atoms with Gasteiger partial charge in [-0.15, -0.1) is 0 Å². The second kappa shape index (κ2) is 16.3. The molecule has 0 radical (unpaired) electrons. The van der Waals surface area contributed by atoms with Gasteiger partial charge in [-0.05, 0) is 94.8 Å². The first-order valence-corrected chi connectivity index (χ1v) is 16.7. The van der Waals surface area contributed by atoms with Gasteiger partial charge in [0.25, 0.3) is 5.78 Å². The van der Waals surface area contributed by atoms with Gasteiger partial charge in [0.2, 0.25) is 0 Å². The lowest BCUT2D eigenvalue weighted by Gasteiger charge is -2.33. The van der Waals surface area contributed by atoms with Gasteiger partial charge in [0.15, 0.2) is 0 Å². The Morgan fingerprint density at radius 2 is 0.980 bits per heavy atom. The molecule has 0 saturated carbocycles. The Balaban J connectivity index is 0.000000304. The summed E-state index contributed by atoms with van der Waals surface area (Å²) in [6.07, 6.45) is 4.25. The van der Waals surface area contributed by atoms with Gasteiger partial charge in [-0.25, -0.2) is 0 Å². The summed E-state index contributed by atoms with van der Waals surface area (Å²) in [5.41, 5.74) is 17.1. The van der Waals surface area contributed by atoms with Crippen molar-refractivity contribution >= 4 is 17.6 Å². The van der Waals surface area contributed by atoms with E-state index in [2.05, 4.69) is 86.2 Å². The maximum absolute atomic E-state index is 11.8. The third-order valence-electron chi connectivity index (χ3n) is 9.90. The SMILES string of the molecule is C.CCc1cccc2c1C=CC(=[N+]=[N-])C2=O.COc1ccc(C(C)(C)c2ccc(C(C)(c3ccc(OC)cc3)c3ccc(OC)cc3)cc2)cc1. The van der Waals surface area contributed by atoms with Crippen LogP contribution < -0.4 is 14.2 Å². The van der Waals surface area contributed by atoms with Crippen molar-refractivity contribution in [1.29, 1.82) is 0 Å². The molecule has 0 bridgehead atoms. The number of carbonyl (C=O) groups excluding carboxylic acids is 1. The van der Waals surface area contributed by atoms with Gasteiger partial charge in [-0.3, -0.25) is 4.79 Å². The van der Waals surface area contributed by atoms with Gasteiger partial charge in [0.05, 0.1) is 21.3 Å². The number of rotatable bonds is 9. The average molecular weight is 681 g/mol. The first kappa shape index (κ1) is 38.1. The molecule has 0 spiro atoms. The fourth-order valence-corrected chi connectivity index (χ4v) is 6.51. The normalized spacial score (nSPS) is 12.1. The Morgan fingerprint density at radius 3 is 1.37 bits per heavy atom. The summed E-state index contributed by atoms with van der Waals surface area (Å²) >= 11 is 0. The van der Waals surface area contributed by atoms with E-state index in [1.165, 1.54) is 27.8 Å². The number of ether oxygens (including phenoxy) is 3. The quantitative estimate of drug-likeness (QED) is 0.0882. The Labute approximate surface area is 303 Å². The van der Waals surface area contributed by atoms with Crippen LogP contribution in [-0.4, -0.2) is 37.6 Å². The van der Waals surface area contributed by atoms with E-state index in [4.69, 9.17) is 19.7 Å². The molecule has 6 heteroatoms. The highest BCUT2D eigenvalue weighted by molar-refractivity contribution is 6.50. The molecule has 0 atom stereocenters. The Bertz CT molecular complexity index is 1970. The fourth-order valence-electron chi connectivity index (χ4n) is 6.51. The third kappa shape index (κ3) is 7.72. The van der Waals surface area contributed by atoms with Crippen LogP contribution >= 0.6 is 0 Å². The maximum atomic E-state index is 11.8. The second-order valence-electron chi connectivity index (χ2n) is 12.9. The van der Waals surface area contributed by atoms with E-state index in [9.17, 15) is 4.79 Å². The number of allylic oxidation sites excluding steroid dienone is 1. The van der Waals surface area contributed by atoms with E-state index in [0.717, 1.165) is 34.8 Å². The smallest absolute Gasteiger partial charge is 0.362 e. The Morgan fingerprint density at radius 1 is 0.588 bits per heavy atom. The van der Waals surface area contributed by atoms with Crippen molar-refractivity contribution in [3.63, 3.8) is 0 Å². The molecule has 5 aromatic carbocycles. The first-order valence-electron chi connectivity index (χ1n) is 16.7. The van der Waals surface area contributed by atoms with E-state index in [0.29, 0.717) is 5.56 Å². The minimum atomic E-state index is -0.346. The van der Waals surface area contributed by atoms with Gasteiger partial charge in [0.1, 0.15) is 17.2 Å². The molecular formula is C45H48N2O4. The number of carbonyl (C=O) groups is 1. The molecule has 0 fully saturated rings. The Hall–Kier alpha value is -5.71. The third-order valence-corrected chi connectivity index (χ3v) is 9.90. The molecule has 1 aliphatic carbocycles. The summed E-state index contributed by atoms with van der Waals surface area (Å²) in [6, 6.07) is 39.7. The molecule has 0 heterocycles. The summed E-state index contributed by atoms with van der Waals surface area (Å²) in [4.78, 5) is 14.7. The van der Waals surface area contributed by atoms with Crippen LogP contribution in [0.3, 0.4) is 0 Å². The van der Waals surface area contributed by atoms with Crippen molar-refractivity contribution in [3.05, 3.63) is 171 Å². The number of aryl methyl sites for hydroxylation is 1. The molecule has 1 aliphatic rings. The van der Waals surface area contributed by atoms with Gasteiger partial charge < -0.3 is 19.7 Å². The standard InChI is InChI=1S/C32H34O3.C12H10N2O.CH4/c1-31(2,24-11-17-28(33-4)18-12-24)23-7-9-25(10-8-23)32(3,26-13-19-29(34-5)20-14-26)27-15-21-30(35-6)22-16-27;1-2-8-4-3-5-10-9(8)6-7-11(14-13)12(10)15;/h7-22H,1-6H3;3-7H,2H2,1H3;1H4. The lowest BCUT2D eigenvalue weighted by molar-refractivity contribution is -0.00435. The van der Waals surface area contributed by atoms with E-state index < -0.39 is 0 Å². The molecule has 0 amide bonds. The molecule has 0 aliphatic heterocycles. The predicted molar refractivity (Wildman–Crippen MR) is 208 cm³/mol. The van der Waals surface area contributed by atoms with Crippen LogP contribution in [0.15, 0.2) is 121 Å². The molecule has 51 heavy (non-hydrogen) atoms. The van der Waals surface area contributed by atoms with Crippen molar-refractivity contribution in [2.45, 2.75) is 52.4 Å². The molecule has 6 rings (SSSR count). The van der Waals surface area contributed by atoms with Crippen molar-refractivity contribution in [2.75, 3.05) is 21.3 Å². The van der Waals surface area contributed by atoms with Gasteiger partial charge in [-0.2, -0.15) is 4.79 Å². The molecule has 0 aromatic heterocycles. The minimum absolute atomic E-state index is 0. The molecule has 6 nitrogen and oxygen atoms in total. The number of fused-ring (bicyclic) bond motifs is 1. The highest BCUT2D eigenvalue weighted by atomic mass is 16.5. The molecular weight excluding hydrogens is 633 g/mol. The highest BCUT2D eigenvalue weighted by Crippen LogP contribution is 2.41. The maximum Gasteiger partial charge on any atom is 0.362 e. The van der Waals surface area contributed by atoms with Gasteiger partial charge in [-0.1, -0.05) is 107 Å². The molecule has 0 unspecified atom stereocenters. The van der Waals surface area contributed by atoms with Crippen LogP contribution in [-0.2, 0) is 17.3 Å². The zero-order valence-electron chi connectivity index (χ0n) is 29.9. The molecule has 262 valence electrons. The van der Waals surface area contributed by atoms with Crippen LogP contribution in [0.25, 0.3) is 11.6 Å². The lowest BCUT2D eigenvalue weighted by Crippen LogP contribution is -2.26. The van der Waals surface area contributed by atoms with Crippen molar-refractivity contribution < 1.29 is 23.8 Å². The fraction of sp³-hybridized carbons (Fsp3) is 0.244. The van der Waals surface area contributed by atoms with Crippen LogP contribution in [0.1, 0.15) is 84.4 Å². The number of ketones is 1. The van der Waals surface area contributed by atoms with Crippen LogP contribution in [0, 0.1) is 0 Å². The van der Waals surface area contributed by atoms with Gasteiger partial charge >= 0.3 is 5.71 Å². The minimum Gasteiger partial charge on any atom is -0.497 e.